The van der Waals surface area contributed by atoms with E-state index in [9.17, 15) is 13.2 Å². The topological polar surface area (TPSA) is 108 Å². The molecule has 0 aliphatic carbocycles. The number of sulfonamides is 1. The highest BCUT2D eigenvalue weighted by Crippen LogP contribution is 2.32. The summed E-state index contributed by atoms with van der Waals surface area (Å²) in [6, 6.07) is 10.5. The lowest BCUT2D eigenvalue weighted by molar-refractivity contribution is 0.0699. The van der Waals surface area contributed by atoms with E-state index in [0.29, 0.717) is 18.7 Å². The second-order valence-corrected chi connectivity index (χ2v) is 8.73. The highest BCUT2D eigenvalue weighted by Gasteiger charge is 2.34. The van der Waals surface area contributed by atoms with Crippen LogP contribution < -0.4 is 19.9 Å². The van der Waals surface area contributed by atoms with Crippen LogP contribution in [-0.2, 0) is 10.0 Å². The number of rotatable bonds is 6. The number of nitrogens with one attached hydrogen (secondary N) is 1. The highest BCUT2D eigenvalue weighted by atomic mass is 32.2. The van der Waals surface area contributed by atoms with E-state index in [4.69, 9.17) is 14.7 Å². The average molecular weight is 436 g/mol. The molecule has 1 heterocycles. The molecule has 0 spiro atoms. The van der Waals surface area contributed by atoms with Crippen molar-refractivity contribution in [3.05, 3.63) is 47.5 Å². The van der Waals surface area contributed by atoms with Crippen molar-refractivity contribution >= 4 is 21.6 Å². The molecule has 1 aliphatic heterocycles. The molecule has 2 aromatic carbocycles. The SMILES string of the molecule is COc1ccc(N2CCN(S(=O)(=O)c3ccc(C)c(OC)c3C(=O)NO)CC2)cc1. The Kier molecular flexibility index (Phi) is 6.49. The summed E-state index contributed by atoms with van der Waals surface area (Å²) in [7, 11) is -1.03. The number of hydrogen-bond donors (Lipinski definition) is 2. The number of carbonyl (C=O) groups excluding carboxylic acids is 1. The van der Waals surface area contributed by atoms with Gasteiger partial charge in [-0.1, -0.05) is 6.07 Å². The van der Waals surface area contributed by atoms with Gasteiger partial charge in [0.1, 0.15) is 17.1 Å². The Hall–Kier alpha value is -2.82. The first-order valence-corrected chi connectivity index (χ1v) is 10.8. The van der Waals surface area contributed by atoms with E-state index in [1.165, 1.54) is 23.0 Å². The normalized spacial score (nSPS) is 15.0. The van der Waals surface area contributed by atoms with Gasteiger partial charge in [-0.3, -0.25) is 10.0 Å². The van der Waals surface area contributed by atoms with Crippen molar-refractivity contribution < 1.29 is 27.9 Å². The molecule has 1 aliphatic rings. The van der Waals surface area contributed by atoms with Crippen molar-refractivity contribution in [3.63, 3.8) is 0 Å². The molecule has 0 radical (unpaired) electrons. The summed E-state index contributed by atoms with van der Waals surface area (Å²) in [4.78, 5) is 14.1. The van der Waals surface area contributed by atoms with Gasteiger partial charge in [0.25, 0.3) is 5.91 Å². The maximum Gasteiger partial charge on any atom is 0.279 e. The molecule has 0 atom stereocenters. The Morgan fingerprint density at radius 2 is 1.63 bits per heavy atom. The van der Waals surface area contributed by atoms with Gasteiger partial charge in [0.15, 0.2) is 0 Å². The zero-order chi connectivity index (χ0) is 21.9. The van der Waals surface area contributed by atoms with Crippen LogP contribution in [0.5, 0.6) is 11.5 Å². The zero-order valence-corrected chi connectivity index (χ0v) is 17.9. The number of nitrogens with zero attached hydrogens (tertiary/aromatic N) is 2. The molecule has 1 fully saturated rings. The quantitative estimate of drug-likeness (QED) is 0.525. The standard InChI is InChI=1S/C20H25N3O6S/c1-14-4-9-17(18(19(14)29-3)20(24)21-25)30(26,27)23-12-10-22(11-13-23)15-5-7-16(28-2)8-6-15/h4-9,25H,10-13H2,1-3H3,(H,21,24). The molecular weight excluding hydrogens is 410 g/mol. The monoisotopic (exact) mass is 435 g/mol. The van der Waals surface area contributed by atoms with Gasteiger partial charge in [0.2, 0.25) is 10.0 Å². The lowest BCUT2D eigenvalue weighted by Crippen LogP contribution is -2.49. The van der Waals surface area contributed by atoms with Gasteiger partial charge in [-0.05, 0) is 42.8 Å². The number of amides is 1. The molecule has 0 unspecified atom stereocenters. The first-order chi connectivity index (χ1) is 14.3. The Balaban J connectivity index is 1.86. The fraction of sp³-hybridized carbons (Fsp3) is 0.350. The van der Waals surface area contributed by atoms with E-state index in [2.05, 4.69) is 4.90 Å². The summed E-state index contributed by atoms with van der Waals surface area (Å²) in [5, 5.41) is 9.12. The zero-order valence-electron chi connectivity index (χ0n) is 17.1. The van der Waals surface area contributed by atoms with E-state index < -0.39 is 15.9 Å². The van der Waals surface area contributed by atoms with Crippen LogP contribution in [0, 0.1) is 6.92 Å². The maximum atomic E-state index is 13.3. The molecule has 10 heteroatoms. The molecule has 1 amide bonds. The number of methoxy groups -OCH3 is 2. The third-order valence-corrected chi connectivity index (χ3v) is 7.08. The molecule has 9 nitrogen and oxygen atoms in total. The number of hydrogen-bond acceptors (Lipinski definition) is 7. The molecule has 162 valence electrons. The van der Waals surface area contributed by atoms with Crippen molar-refractivity contribution in [1.29, 1.82) is 0 Å². The van der Waals surface area contributed by atoms with Gasteiger partial charge in [0, 0.05) is 31.9 Å². The largest absolute Gasteiger partial charge is 0.497 e. The molecule has 0 bridgehead atoms. The molecule has 3 rings (SSSR count). The summed E-state index contributed by atoms with van der Waals surface area (Å²) in [5.41, 5.74) is 2.87. The van der Waals surface area contributed by atoms with Crippen LogP contribution in [0.4, 0.5) is 5.69 Å². The van der Waals surface area contributed by atoms with Gasteiger partial charge >= 0.3 is 0 Å². The van der Waals surface area contributed by atoms with Crippen LogP contribution in [0.25, 0.3) is 0 Å². The third-order valence-electron chi connectivity index (χ3n) is 5.14. The minimum atomic E-state index is -3.98. The molecule has 0 saturated carbocycles. The molecule has 2 N–H and O–H groups in total. The van der Waals surface area contributed by atoms with Gasteiger partial charge < -0.3 is 14.4 Å². The van der Waals surface area contributed by atoms with Crippen LogP contribution in [0.3, 0.4) is 0 Å². The Morgan fingerprint density at radius 1 is 1.00 bits per heavy atom. The van der Waals surface area contributed by atoms with Gasteiger partial charge in [-0.25, -0.2) is 13.9 Å². The number of carbonyl (C=O) groups is 1. The van der Waals surface area contributed by atoms with Crippen LogP contribution >= 0.6 is 0 Å². The number of anilines is 1. The fourth-order valence-corrected chi connectivity index (χ4v) is 5.14. The van der Waals surface area contributed by atoms with E-state index in [-0.39, 0.29) is 29.3 Å². The summed E-state index contributed by atoms with van der Waals surface area (Å²) >= 11 is 0. The van der Waals surface area contributed by atoms with Crippen LogP contribution in [-0.4, -0.2) is 64.2 Å². The molecule has 2 aromatic rings. The number of piperazine rings is 1. The number of aryl methyl sites for hydroxylation is 1. The van der Waals surface area contributed by atoms with E-state index in [0.717, 1.165) is 11.4 Å². The predicted octanol–water partition coefficient (Wildman–Crippen LogP) is 1.64. The summed E-state index contributed by atoms with van der Waals surface area (Å²) in [6.07, 6.45) is 0. The number of ether oxygens (including phenoxy) is 2. The van der Waals surface area contributed by atoms with E-state index in [1.807, 2.05) is 24.3 Å². The first kappa shape index (κ1) is 21.9. The highest BCUT2D eigenvalue weighted by molar-refractivity contribution is 7.89. The second-order valence-electron chi connectivity index (χ2n) is 6.82. The van der Waals surface area contributed by atoms with Crippen molar-refractivity contribution in [2.75, 3.05) is 45.3 Å². The van der Waals surface area contributed by atoms with Crippen molar-refractivity contribution in [3.8, 4) is 11.5 Å². The first-order valence-electron chi connectivity index (χ1n) is 9.34. The van der Waals surface area contributed by atoms with E-state index in [1.54, 1.807) is 20.1 Å². The molecule has 0 aromatic heterocycles. The van der Waals surface area contributed by atoms with Crippen LogP contribution in [0.1, 0.15) is 15.9 Å². The minimum absolute atomic E-state index is 0.111. The second kappa shape index (κ2) is 8.90. The smallest absolute Gasteiger partial charge is 0.279 e. The Bertz CT molecular complexity index is 1020. The molecule has 30 heavy (non-hydrogen) atoms. The summed E-state index contributed by atoms with van der Waals surface area (Å²) < 4.78 is 38.4. The average Bonchev–Trinajstić information content (AvgIpc) is 2.78. The number of benzene rings is 2. The Labute approximate surface area is 175 Å². The van der Waals surface area contributed by atoms with Gasteiger partial charge in [-0.2, -0.15) is 4.31 Å². The lowest BCUT2D eigenvalue weighted by Gasteiger charge is -2.35. The fourth-order valence-electron chi connectivity index (χ4n) is 3.54. The van der Waals surface area contributed by atoms with Crippen molar-refractivity contribution in [2.24, 2.45) is 0 Å². The lowest BCUT2D eigenvalue weighted by atomic mass is 10.1. The van der Waals surface area contributed by atoms with Crippen molar-refractivity contribution in [2.45, 2.75) is 11.8 Å². The summed E-state index contributed by atoms with van der Waals surface area (Å²) in [5.74, 6) is -0.0755. The molecular formula is C20H25N3O6S. The minimum Gasteiger partial charge on any atom is -0.497 e. The maximum absolute atomic E-state index is 13.3. The summed E-state index contributed by atoms with van der Waals surface area (Å²) in [6.45, 7) is 3.19. The van der Waals surface area contributed by atoms with Crippen LogP contribution in [0.2, 0.25) is 0 Å². The third kappa shape index (κ3) is 4.07. The molecule has 1 saturated heterocycles. The van der Waals surface area contributed by atoms with Gasteiger partial charge in [-0.15, -0.1) is 0 Å². The Morgan fingerprint density at radius 3 is 2.17 bits per heavy atom. The van der Waals surface area contributed by atoms with E-state index >= 15 is 0 Å². The van der Waals surface area contributed by atoms with Gasteiger partial charge in [0.05, 0.1) is 19.1 Å². The number of hydroxylamine groups is 1. The van der Waals surface area contributed by atoms with Crippen molar-refractivity contribution in [1.82, 2.24) is 9.79 Å². The predicted molar refractivity (Wildman–Crippen MR) is 111 cm³/mol. The van der Waals surface area contributed by atoms with Crippen LogP contribution in [0.15, 0.2) is 41.3 Å².